The van der Waals surface area contributed by atoms with Crippen LogP contribution in [-0.2, 0) is 0 Å². The molecule has 4 aromatic carbocycles. The van der Waals surface area contributed by atoms with Gasteiger partial charge in [-0.25, -0.2) is 17.6 Å². The van der Waals surface area contributed by atoms with Crippen molar-refractivity contribution < 1.29 is 17.6 Å². The zero-order valence-corrected chi connectivity index (χ0v) is 34.5. The molecule has 2 N–H and O–H groups in total. The van der Waals surface area contributed by atoms with Crippen molar-refractivity contribution in [1.29, 1.82) is 0 Å². The molecule has 0 radical (unpaired) electrons. The standard InChI is InChI=1S/C24H27F2N.C23H27F2N.C4H6/c1-2-24(18-8-4-3-5-9-18)27-15-14-23(19-10-6-12-21(25)16-19)20-11-7-13-22(26)17-20;1-4-8-18(5-2)17(3)26-14-13-23(19-9-6-11-21(24)15-19)20-10-7-12-22(25)16-20;1-3-4-2/h4,6-13,16-17,23-24,27H,2-3,5,14-15H2,1H3;4-12,15-17,23,26H,13-14H2,1-3H3;1-2H3/b;8-4-,18-5+;. The third kappa shape index (κ3) is 16.2. The summed E-state index contributed by atoms with van der Waals surface area (Å²) in [6.45, 7) is 13.5. The van der Waals surface area contributed by atoms with Gasteiger partial charge in [-0.05, 0) is 162 Å². The molecule has 302 valence electrons. The van der Waals surface area contributed by atoms with Crippen molar-refractivity contribution in [2.45, 2.75) is 97.6 Å². The SMILES string of the molecule is C/C=C\C(=C/C)C(C)NCCC(c1cccc(F)c1)c1cccc(F)c1.CC#CC.CCC(NCCC(c1cccc(F)c1)c1cccc(F)c1)C1=CCCC=C1. The molecule has 5 rings (SSSR count). The van der Waals surface area contributed by atoms with E-state index < -0.39 is 0 Å². The smallest absolute Gasteiger partial charge is 0.123 e. The average molecular weight is 777 g/mol. The van der Waals surface area contributed by atoms with Crippen LogP contribution in [0.3, 0.4) is 0 Å². The van der Waals surface area contributed by atoms with E-state index in [4.69, 9.17) is 0 Å². The molecule has 2 atom stereocenters. The Hall–Kier alpha value is -4.96. The second-order valence-corrected chi connectivity index (χ2v) is 14.0. The van der Waals surface area contributed by atoms with E-state index in [1.54, 1.807) is 36.4 Å². The number of halogens is 4. The van der Waals surface area contributed by atoms with Crippen molar-refractivity contribution in [2.75, 3.05) is 13.1 Å². The Kier molecular flexibility index (Phi) is 21.2. The first-order chi connectivity index (χ1) is 27.6. The lowest BCUT2D eigenvalue weighted by atomic mass is 9.88. The molecule has 0 heterocycles. The number of hydrogen-bond donors (Lipinski definition) is 2. The van der Waals surface area contributed by atoms with Crippen molar-refractivity contribution in [3.63, 3.8) is 0 Å². The van der Waals surface area contributed by atoms with Gasteiger partial charge < -0.3 is 10.6 Å². The van der Waals surface area contributed by atoms with Gasteiger partial charge in [0.1, 0.15) is 23.3 Å². The van der Waals surface area contributed by atoms with Crippen molar-refractivity contribution in [3.8, 4) is 11.8 Å². The predicted octanol–water partition coefficient (Wildman–Crippen LogP) is 13.1. The van der Waals surface area contributed by atoms with Crippen LogP contribution in [0.5, 0.6) is 0 Å². The lowest BCUT2D eigenvalue weighted by Gasteiger charge is -2.23. The summed E-state index contributed by atoms with van der Waals surface area (Å²) in [7, 11) is 0. The maximum absolute atomic E-state index is 13.8. The minimum absolute atomic E-state index is 0.0442. The highest BCUT2D eigenvalue weighted by atomic mass is 19.1. The molecule has 0 spiro atoms. The molecule has 0 bridgehead atoms. The molecular formula is C51H60F4N2. The van der Waals surface area contributed by atoms with Gasteiger partial charge in [-0.2, -0.15) is 0 Å². The Morgan fingerprint density at radius 1 is 0.667 bits per heavy atom. The molecular weight excluding hydrogens is 717 g/mol. The molecule has 0 aliphatic heterocycles. The Labute approximate surface area is 339 Å². The monoisotopic (exact) mass is 776 g/mol. The van der Waals surface area contributed by atoms with Gasteiger partial charge in [-0.1, -0.05) is 91.9 Å². The second kappa shape index (κ2) is 26.1. The molecule has 0 fully saturated rings. The lowest BCUT2D eigenvalue weighted by molar-refractivity contribution is 0.528. The first-order valence-electron chi connectivity index (χ1n) is 20.1. The molecule has 0 saturated carbocycles. The highest BCUT2D eigenvalue weighted by Crippen LogP contribution is 2.30. The van der Waals surface area contributed by atoms with Gasteiger partial charge in [-0.3, -0.25) is 0 Å². The van der Waals surface area contributed by atoms with Crippen LogP contribution < -0.4 is 10.6 Å². The topological polar surface area (TPSA) is 24.1 Å². The van der Waals surface area contributed by atoms with E-state index in [9.17, 15) is 17.6 Å². The number of rotatable bonds is 16. The zero-order valence-electron chi connectivity index (χ0n) is 34.5. The molecule has 0 aromatic heterocycles. The summed E-state index contributed by atoms with van der Waals surface area (Å²) in [6, 6.07) is 27.0. The Morgan fingerprint density at radius 3 is 1.44 bits per heavy atom. The molecule has 1 aliphatic rings. The fourth-order valence-corrected chi connectivity index (χ4v) is 6.98. The molecule has 0 saturated heterocycles. The van der Waals surface area contributed by atoms with Crippen LogP contribution >= 0.6 is 0 Å². The Morgan fingerprint density at radius 2 is 1.11 bits per heavy atom. The summed E-state index contributed by atoms with van der Waals surface area (Å²) in [5, 5.41) is 7.14. The van der Waals surface area contributed by atoms with E-state index in [-0.39, 0.29) is 41.1 Å². The fraction of sp³-hybridized carbons (Fsp3) is 0.333. The number of hydrogen-bond acceptors (Lipinski definition) is 2. The number of nitrogens with one attached hydrogen (secondary N) is 2. The van der Waals surface area contributed by atoms with E-state index in [0.29, 0.717) is 6.04 Å². The van der Waals surface area contributed by atoms with Crippen molar-refractivity contribution in [1.82, 2.24) is 10.6 Å². The first kappa shape index (κ1) is 46.4. The average Bonchev–Trinajstić information content (AvgIpc) is 3.22. The summed E-state index contributed by atoms with van der Waals surface area (Å²) in [5.74, 6) is 4.20. The van der Waals surface area contributed by atoms with Gasteiger partial charge >= 0.3 is 0 Å². The molecule has 4 aromatic rings. The van der Waals surface area contributed by atoms with Gasteiger partial charge in [-0.15, -0.1) is 11.8 Å². The molecule has 6 heteroatoms. The third-order valence-corrected chi connectivity index (χ3v) is 9.99. The molecule has 0 amide bonds. The quantitative estimate of drug-likeness (QED) is 0.0673. The third-order valence-electron chi connectivity index (χ3n) is 9.99. The van der Waals surface area contributed by atoms with Crippen LogP contribution in [-0.4, -0.2) is 25.2 Å². The minimum atomic E-state index is -0.269. The van der Waals surface area contributed by atoms with E-state index in [2.05, 4.69) is 66.7 Å². The highest BCUT2D eigenvalue weighted by Gasteiger charge is 2.18. The van der Waals surface area contributed by atoms with Gasteiger partial charge in [0.2, 0.25) is 0 Å². The summed E-state index contributed by atoms with van der Waals surface area (Å²) in [5.41, 5.74) is 6.06. The van der Waals surface area contributed by atoms with Crippen LogP contribution in [0, 0.1) is 35.1 Å². The van der Waals surface area contributed by atoms with Crippen molar-refractivity contribution in [3.05, 3.63) is 190 Å². The van der Waals surface area contributed by atoms with Crippen LogP contribution in [0.2, 0.25) is 0 Å². The Balaban J connectivity index is 0.000000279. The van der Waals surface area contributed by atoms with Gasteiger partial charge in [0.15, 0.2) is 0 Å². The summed E-state index contributed by atoms with van der Waals surface area (Å²) in [6.07, 6.45) is 17.7. The maximum Gasteiger partial charge on any atom is 0.123 e. The van der Waals surface area contributed by atoms with Gasteiger partial charge in [0.25, 0.3) is 0 Å². The lowest BCUT2D eigenvalue weighted by Crippen LogP contribution is -2.32. The fourth-order valence-electron chi connectivity index (χ4n) is 6.98. The number of benzene rings is 4. The van der Waals surface area contributed by atoms with Crippen LogP contribution in [0.15, 0.2) is 145 Å². The molecule has 2 nitrogen and oxygen atoms in total. The van der Waals surface area contributed by atoms with Crippen LogP contribution in [0.25, 0.3) is 0 Å². The van der Waals surface area contributed by atoms with Crippen LogP contribution in [0.1, 0.15) is 108 Å². The highest BCUT2D eigenvalue weighted by molar-refractivity contribution is 5.35. The first-order valence-corrected chi connectivity index (χ1v) is 20.1. The van der Waals surface area contributed by atoms with Gasteiger partial charge in [0, 0.05) is 23.9 Å². The van der Waals surface area contributed by atoms with E-state index in [0.717, 1.165) is 67.4 Å². The van der Waals surface area contributed by atoms with Gasteiger partial charge in [0.05, 0.1) is 0 Å². The number of allylic oxidation sites excluding steroid dienone is 4. The van der Waals surface area contributed by atoms with E-state index in [1.807, 2.05) is 58.0 Å². The maximum atomic E-state index is 13.8. The second-order valence-electron chi connectivity index (χ2n) is 14.0. The summed E-state index contributed by atoms with van der Waals surface area (Å²) >= 11 is 0. The Bertz CT molecular complexity index is 1890. The molecule has 2 unspecified atom stereocenters. The summed E-state index contributed by atoms with van der Waals surface area (Å²) < 4.78 is 54.9. The van der Waals surface area contributed by atoms with Crippen LogP contribution in [0.4, 0.5) is 17.6 Å². The van der Waals surface area contributed by atoms with Crippen molar-refractivity contribution in [2.24, 2.45) is 0 Å². The normalized spacial score (nSPS) is 13.5. The summed E-state index contributed by atoms with van der Waals surface area (Å²) in [4.78, 5) is 0. The van der Waals surface area contributed by atoms with Crippen molar-refractivity contribution >= 4 is 0 Å². The zero-order chi connectivity index (χ0) is 41.4. The predicted molar refractivity (Wildman–Crippen MR) is 232 cm³/mol. The van der Waals surface area contributed by atoms with E-state index in [1.165, 1.54) is 47.5 Å². The molecule has 1 aliphatic carbocycles. The largest absolute Gasteiger partial charge is 0.310 e. The van der Waals surface area contributed by atoms with E-state index >= 15 is 0 Å². The molecule has 57 heavy (non-hydrogen) atoms. The minimum Gasteiger partial charge on any atom is -0.310 e.